The van der Waals surface area contributed by atoms with Crippen LogP contribution in [-0.2, 0) is 6.18 Å². The molecule has 23 heavy (non-hydrogen) atoms. The second-order valence-electron chi connectivity index (χ2n) is 5.79. The molecule has 0 spiro atoms. The third-order valence-electron chi connectivity index (χ3n) is 4.16. The molecule has 120 valence electrons. The molecule has 3 rings (SSSR count). The summed E-state index contributed by atoms with van der Waals surface area (Å²) in [5.74, 6) is 0. The first kappa shape index (κ1) is 15.8. The molecule has 1 nitrogen and oxygen atoms in total. The van der Waals surface area contributed by atoms with Gasteiger partial charge in [-0.3, -0.25) is 0 Å². The molecule has 1 heterocycles. The molecular weight excluding hydrogens is 299 g/mol. The molecule has 0 radical (unpaired) electrons. The van der Waals surface area contributed by atoms with Crippen molar-refractivity contribution in [2.45, 2.75) is 19.5 Å². The number of nitrogens with one attached hydrogen (secondary N) is 1. The molecule has 0 saturated heterocycles. The monoisotopic (exact) mass is 317 g/mol. The van der Waals surface area contributed by atoms with E-state index in [9.17, 15) is 13.2 Å². The zero-order valence-corrected chi connectivity index (χ0v) is 12.9. The third-order valence-corrected chi connectivity index (χ3v) is 4.16. The lowest BCUT2D eigenvalue weighted by Gasteiger charge is -2.16. The Morgan fingerprint density at radius 1 is 1.00 bits per heavy atom. The molecule has 0 fully saturated rings. The number of halogens is 3. The Bertz CT molecular complexity index is 745. The van der Waals surface area contributed by atoms with Crippen LogP contribution in [0.2, 0.25) is 0 Å². The highest BCUT2D eigenvalue weighted by molar-refractivity contribution is 5.74. The van der Waals surface area contributed by atoms with Crippen molar-refractivity contribution >= 4 is 5.57 Å². The lowest BCUT2D eigenvalue weighted by atomic mass is 9.93. The fraction of sp³-hybridized carbons (Fsp3) is 0.263. The Morgan fingerprint density at radius 2 is 1.83 bits per heavy atom. The lowest BCUT2D eigenvalue weighted by molar-refractivity contribution is -0.137. The van der Waals surface area contributed by atoms with E-state index in [2.05, 4.69) is 17.5 Å². The zero-order chi connectivity index (χ0) is 16.4. The summed E-state index contributed by atoms with van der Waals surface area (Å²) >= 11 is 0. The van der Waals surface area contributed by atoms with Crippen LogP contribution in [0.1, 0.15) is 23.1 Å². The van der Waals surface area contributed by atoms with E-state index in [0.717, 1.165) is 42.3 Å². The van der Waals surface area contributed by atoms with Crippen LogP contribution in [-0.4, -0.2) is 13.1 Å². The standard InChI is InChI=1S/C19H18F3N/c1-13-11-15(14-7-9-23-10-8-14)5-6-18(13)16-3-2-4-17(12-16)19(20,21)22/h2-7,11-12,23H,8-10H2,1H3. The van der Waals surface area contributed by atoms with Crippen molar-refractivity contribution in [1.29, 1.82) is 0 Å². The van der Waals surface area contributed by atoms with Crippen molar-refractivity contribution in [2.24, 2.45) is 0 Å². The second kappa shape index (κ2) is 6.20. The fourth-order valence-electron chi connectivity index (χ4n) is 2.94. The minimum atomic E-state index is -4.32. The van der Waals surface area contributed by atoms with E-state index < -0.39 is 11.7 Å². The van der Waals surface area contributed by atoms with Crippen molar-refractivity contribution in [3.63, 3.8) is 0 Å². The van der Waals surface area contributed by atoms with E-state index in [1.807, 2.05) is 19.1 Å². The van der Waals surface area contributed by atoms with Crippen molar-refractivity contribution in [3.8, 4) is 11.1 Å². The largest absolute Gasteiger partial charge is 0.416 e. The normalized spacial score (nSPS) is 15.4. The number of alkyl halides is 3. The van der Waals surface area contributed by atoms with Gasteiger partial charge in [0.05, 0.1) is 5.56 Å². The molecule has 1 aliphatic rings. The first-order valence-electron chi connectivity index (χ1n) is 7.63. The van der Waals surface area contributed by atoms with E-state index in [0.29, 0.717) is 5.56 Å². The smallest absolute Gasteiger partial charge is 0.313 e. The molecule has 0 aliphatic carbocycles. The van der Waals surface area contributed by atoms with Gasteiger partial charge in [0.2, 0.25) is 0 Å². The Kier molecular flexibility index (Phi) is 4.26. The first-order chi connectivity index (χ1) is 10.9. The maximum Gasteiger partial charge on any atom is 0.416 e. The average Bonchev–Trinajstić information content (AvgIpc) is 2.55. The van der Waals surface area contributed by atoms with Crippen LogP contribution in [0.5, 0.6) is 0 Å². The summed E-state index contributed by atoms with van der Waals surface area (Å²) in [7, 11) is 0. The fourth-order valence-corrected chi connectivity index (χ4v) is 2.94. The molecule has 1 aliphatic heterocycles. The van der Waals surface area contributed by atoms with Crippen molar-refractivity contribution in [2.75, 3.05) is 13.1 Å². The summed E-state index contributed by atoms with van der Waals surface area (Å²) in [6.45, 7) is 3.77. The van der Waals surface area contributed by atoms with E-state index in [1.165, 1.54) is 17.7 Å². The van der Waals surface area contributed by atoms with Gasteiger partial charge < -0.3 is 5.32 Å². The summed E-state index contributed by atoms with van der Waals surface area (Å²) in [4.78, 5) is 0. The number of benzene rings is 2. The second-order valence-corrected chi connectivity index (χ2v) is 5.79. The summed E-state index contributed by atoms with van der Waals surface area (Å²) in [5, 5.41) is 3.27. The molecule has 4 heteroatoms. The number of hydrogen-bond donors (Lipinski definition) is 1. The van der Waals surface area contributed by atoms with Gasteiger partial charge in [-0.1, -0.05) is 36.4 Å². The molecule has 2 aromatic carbocycles. The topological polar surface area (TPSA) is 12.0 Å². The Labute approximate surface area is 133 Å². The number of aryl methyl sites for hydroxylation is 1. The highest BCUT2D eigenvalue weighted by atomic mass is 19.4. The molecule has 0 unspecified atom stereocenters. The predicted molar refractivity (Wildman–Crippen MR) is 87.1 cm³/mol. The molecule has 1 N–H and O–H groups in total. The van der Waals surface area contributed by atoms with Gasteiger partial charge in [0.25, 0.3) is 0 Å². The molecule has 0 aromatic heterocycles. The Balaban J connectivity index is 1.97. The van der Waals surface area contributed by atoms with Crippen molar-refractivity contribution in [1.82, 2.24) is 5.32 Å². The molecule has 0 saturated carbocycles. The molecule has 0 amide bonds. The maximum absolute atomic E-state index is 12.9. The summed E-state index contributed by atoms with van der Waals surface area (Å²) in [5.41, 5.74) is 4.26. The third kappa shape index (κ3) is 3.48. The van der Waals surface area contributed by atoms with E-state index >= 15 is 0 Å². The molecule has 2 aromatic rings. The zero-order valence-electron chi connectivity index (χ0n) is 12.9. The quantitative estimate of drug-likeness (QED) is 0.816. The van der Waals surface area contributed by atoms with E-state index in [-0.39, 0.29) is 0 Å². The van der Waals surface area contributed by atoms with Crippen molar-refractivity contribution < 1.29 is 13.2 Å². The van der Waals surface area contributed by atoms with Gasteiger partial charge >= 0.3 is 6.18 Å². The highest BCUT2D eigenvalue weighted by Gasteiger charge is 2.30. The van der Waals surface area contributed by atoms with Crippen LogP contribution in [0, 0.1) is 6.92 Å². The SMILES string of the molecule is Cc1cc(C2=CCNCC2)ccc1-c1cccc(C(F)(F)F)c1. The molecular formula is C19H18F3N. The molecule has 0 atom stereocenters. The lowest BCUT2D eigenvalue weighted by Crippen LogP contribution is -2.20. The predicted octanol–water partition coefficient (Wildman–Crippen LogP) is 5.06. The van der Waals surface area contributed by atoms with Gasteiger partial charge in [-0.25, -0.2) is 0 Å². The maximum atomic E-state index is 12.9. The van der Waals surface area contributed by atoms with Crippen LogP contribution in [0.15, 0.2) is 48.5 Å². The van der Waals surface area contributed by atoms with E-state index in [1.54, 1.807) is 6.07 Å². The first-order valence-corrected chi connectivity index (χ1v) is 7.63. The summed E-state index contributed by atoms with van der Waals surface area (Å²) in [6.07, 6.45) is -1.17. The highest BCUT2D eigenvalue weighted by Crippen LogP contribution is 2.34. The van der Waals surface area contributed by atoms with Gasteiger partial charge in [-0.15, -0.1) is 0 Å². The summed E-state index contributed by atoms with van der Waals surface area (Å²) in [6, 6.07) is 11.5. The molecule has 0 bridgehead atoms. The van der Waals surface area contributed by atoms with Gasteiger partial charge in [0.1, 0.15) is 0 Å². The number of hydrogen-bond acceptors (Lipinski definition) is 1. The van der Waals surface area contributed by atoms with Gasteiger partial charge in [0.15, 0.2) is 0 Å². The Hall–Kier alpha value is -2.07. The van der Waals surface area contributed by atoms with Crippen LogP contribution in [0.4, 0.5) is 13.2 Å². The minimum absolute atomic E-state index is 0.600. The average molecular weight is 317 g/mol. The van der Waals surface area contributed by atoms with Crippen LogP contribution < -0.4 is 5.32 Å². The van der Waals surface area contributed by atoms with Gasteiger partial charge in [-0.05, 0) is 59.8 Å². The minimum Gasteiger partial charge on any atom is -0.313 e. The number of rotatable bonds is 2. The van der Waals surface area contributed by atoms with E-state index in [4.69, 9.17) is 0 Å². The van der Waals surface area contributed by atoms with Crippen LogP contribution in [0.25, 0.3) is 16.7 Å². The van der Waals surface area contributed by atoms with Crippen LogP contribution in [0.3, 0.4) is 0 Å². The van der Waals surface area contributed by atoms with Crippen LogP contribution >= 0.6 is 0 Å². The summed E-state index contributed by atoms with van der Waals surface area (Å²) < 4.78 is 38.6. The van der Waals surface area contributed by atoms with Gasteiger partial charge in [0, 0.05) is 6.54 Å². The van der Waals surface area contributed by atoms with Gasteiger partial charge in [-0.2, -0.15) is 13.2 Å². The van der Waals surface area contributed by atoms with Crippen molar-refractivity contribution in [3.05, 3.63) is 65.2 Å². The Morgan fingerprint density at radius 3 is 2.48 bits per heavy atom.